The lowest BCUT2D eigenvalue weighted by Crippen LogP contribution is -2.04. The van der Waals surface area contributed by atoms with Crippen LogP contribution in [0, 0.1) is 18.3 Å². The highest BCUT2D eigenvalue weighted by molar-refractivity contribution is 7.12. The van der Waals surface area contributed by atoms with E-state index in [2.05, 4.69) is 21.4 Å². The summed E-state index contributed by atoms with van der Waals surface area (Å²) in [6.07, 6.45) is 0. The molecule has 0 amide bonds. The zero-order chi connectivity index (χ0) is 11.7. The first-order chi connectivity index (χ1) is 7.63. The SMILES string of the molecule is Cc1csc(-n2nnc(C#N)c2C(C)C)n1. The van der Waals surface area contributed by atoms with Crippen molar-refractivity contribution in [2.45, 2.75) is 26.7 Å². The Kier molecular flexibility index (Phi) is 2.71. The standard InChI is InChI=1S/C10H11N5S/c1-6(2)9-8(4-11)13-14-15(9)10-12-7(3)5-16-10/h5-6H,1-3H3. The van der Waals surface area contributed by atoms with Gasteiger partial charge >= 0.3 is 0 Å². The molecular weight excluding hydrogens is 222 g/mol. The van der Waals surface area contributed by atoms with Gasteiger partial charge in [-0.3, -0.25) is 0 Å². The predicted octanol–water partition coefficient (Wildman–Crippen LogP) is 2.03. The van der Waals surface area contributed by atoms with Crippen molar-refractivity contribution in [1.29, 1.82) is 5.26 Å². The van der Waals surface area contributed by atoms with E-state index in [1.807, 2.05) is 26.2 Å². The number of nitrogens with zero attached hydrogens (tertiary/aromatic N) is 5. The van der Waals surface area contributed by atoms with Gasteiger partial charge in [0, 0.05) is 5.38 Å². The lowest BCUT2D eigenvalue weighted by atomic mass is 10.1. The third kappa shape index (κ3) is 1.70. The number of nitriles is 1. The topological polar surface area (TPSA) is 67.4 Å². The van der Waals surface area contributed by atoms with Crippen LogP contribution in [-0.4, -0.2) is 20.0 Å². The highest BCUT2D eigenvalue weighted by Crippen LogP contribution is 2.22. The molecule has 0 bridgehead atoms. The minimum atomic E-state index is 0.189. The van der Waals surface area contributed by atoms with Gasteiger partial charge in [0.15, 0.2) is 5.69 Å². The monoisotopic (exact) mass is 233 g/mol. The Bertz CT molecular complexity index is 546. The summed E-state index contributed by atoms with van der Waals surface area (Å²) < 4.78 is 1.65. The van der Waals surface area contributed by atoms with Gasteiger partial charge in [0.25, 0.3) is 0 Å². The molecular formula is C10H11N5S. The molecule has 0 saturated heterocycles. The Labute approximate surface area is 97.4 Å². The van der Waals surface area contributed by atoms with Crippen LogP contribution in [0.5, 0.6) is 0 Å². The van der Waals surface area contributed by atoms with Crippen LogP contribution in [0.3, 0.4) is 0 Å². The Morgan fingerprint density at radius 1 is 1.50 bits per heavy atom. The molecule has 0 unspecified atom stereocenters. The van der Waals surface area contributed by atoms with Crippen LogP contribution in [0.4, 0.5) is 0 Å². The molecule has 2 heterocycles. The van der Waals surface area contributed by atoms with E-state index in [0.29, 0.717) is 5.69 Å². The van der Waals surface area contributed by atoms with Crippen molar-refractivity contribution < 1.29 is 0 Å². The van der Waals surface area contributed by atoms with E-state index in [9.17, 15) is 0 Å². The summed E-state index contributed by atoms with van der Waals surface area (Å²) in [6, 6.07) is 2.06. The smallest absolute Gasteiger partial charge is 0.212 e. The van der Waals surface area contributed by atoms with Gasteiger partial charge in [-0.05, 0) is 12.8 Å². The van der Waals surface area contributed by atoms with Gasteiger partial charge in [-0.2, -0.15) is 9.94 Å². The van der Waals surface area contributed by atoms with Crippen LogP contribution < -0.4 is 0 Å². The summed E-state index contributed by atoms with van der Waals surface area (Å²) in [5, 5.41) is 19.5. The third-order valence-corrected chi connectivity index (χ3v) is 3.08. The Hall–Kier alpha value is -1.74. The van der Waals surface area contributed by atoms with Gasteiger partial charge < -0.3 is 0 Å². The zero-order valence-electron chi connectivity index (χ0n) is 9.30. The van der Waals surface area contributed by atoms with Gasteiger partial charge in [-0.25, -0.2) is 4.98 Å². The minimum Gasteiger partial charge on any atom is -0.224 e. The van der Waals surface area contributed by atoms with E-state index in [1.165, 1.54) is 11.3 Å². The molecule has 0 N–H and O–H groups in total. The van der Waals surface area contributed by atoms with E-state index < -0.39 is 0 Å². The van der Waals surface area contributed by atoms with Gasteiger partial charge in [-0.1, -0.05) is 19.1 Å². The van der Waals surface area contributed by atoms with Gasteiger partial charge in [-0.15, -0.1) is 16.4 Å². The molecule has 2 aromatic heterocycles. The Balaban J connectivity index is 2.58. The molecule has 0 aliphatic rings. The van der Waals surface area contributed by atoms with Crippen LogP contribution >= 0.6 is 11.3 Å². The zero-order valence-corrected chi connectivity index (χ0v) is 10.1. The first-order valence-electron chi connectivity index (χ1n) is 4.91. The van der Waals surface area contributed by atoms with E-state index in [-0.39, 0.29) is 5.92 Å². The van der Waals surface area contributed by atoms with Crippen LogP contribution in [-0.2, 0) is 0 Å². The Morgan fingerprint density at radius 3 is 2.75 bits per heavy atom. The maximum absolute atomic E-state index is 8.95. The molecule has 6 heteroatoms. The summed E-state index contributed by atoms with van der Waals surface area (Å²) in [5.41, 5.74) is 2.14. The lowest BCUT2D eigenvalue weighted by Gasteiger charge is -2.05. The molecule has 82 valence electrons. The van der Waals surface area contributed by atoms with Crippen LogP contribution in [0.25, 0.3) is 5.13 Å². The van der Waals surface area contributed by atoms with Crippen molar-refractivity contribution >= 4 is 11.3 Å². The van der Waals surface area contributed by atoms with Crippen molar-refractivity contribution in [2.24, 2.45) is 0 Å². The second-order valence-corrected chi connectivity index (χ2v) is 4.61. The number of aromatic nitrogens is 4. The first kappa shape index (κ1) is 10.8. The number of hydrogen-bond acceptors (Lipinski definition) is 5. The maximum atomic E-state index is 8.95. The molecule has 0 fully saturated rings. The number of thiazole rings is 1. The molecule has 16 heavy (non-hydrogen) atoms. The average Bonchev–Trinajstić information content (AvgIpc) is 2.82. The summed E-state index contributed by atoms with van der Waals surface area (Å²) >= 11 is 1.50. The molecule has 2 aromatic rings. The molecule has 0 aliphatic carbocycles. The van der Waals surface area contributed by atoms with Crippen molar-refractivity contribution in [1.82, 2.24) is 20.0 Å². The second-order valence-electron chi connectivity index (χ2n) is 3.77. The number of rotatable bonds is 2. The van der Waals surface area contributed by atoms with E-state index in [0.717, 1.165) is 16.5 Å². The summed E-state index contributed by atoms with van der Waals surface area (Å²) in [6.45, 7) is 5.95. The summed E-state index contributed by atoms with van der Waals surface area (Å²) in [7, 11) is 0. The maximum Gasteiger partial charge on any atom is 0.212 e. The summed E-state index contributed by atoms with van der Waals surface area (Å²) in [4.78, 5) is 4.34. The fourth-order valence-electron chi connectivity index (χ4n) is 1.47. The minimum absolute atomic E-state index is 0.189. The van der Waals surface area contributed by atoms with Crippen molar-refractivity contribution in [3.8, 4) is 11.2 Å². The van der Waals surface area contributed by atoms with Crippen LogP contribution in [0.1, 0.15) is 36.8 Å². The van der Waals surface area contributed by atoms with Crippen molar-refractivity contribution in [2.75, 3.05) is 0 Å². The highest BCUT2D eigenvalue weighted by atomic mass is 32.1. The molecule has 0 aliphatic heterocycles. The molecule has 0 atom stereocenters. The summed E-state index contributed by atoms with van der Waals surface area (Å²) in [5.74, 6) is 0.189. The van der Waals surface area contributed by atoms with E-state index >= 15 is 0 Å². The fourth-order valence-corrected chi connectivity index (χ4v) is 2.23. The highest BCUT2D eigenvalue weighted by Gasteiger charge is 2.18. The number of hydrogen-bond donors (Lipinski definition) is 0. The predicted molar refractivity (Wildman–Crippen MR) is 60.6 cm³/mol. The normalized spacial score (nSPS) is 10.7. The largest absolute Gasteiger partial charge is 0.224 e. The molecule has 5 nitrogen and oxygen atoms in total. The van der Waals surface area contributed by atoms with Crippen molar-refractivity contribution in [3.63, 3.8) is 0 Å². The van der Waals surface area contributed by atoms with Crippen molar-refractivity contribution in [3.05, 3.63) is 22.5 Å². The molecule has 0 saturated carbocycles. The average molecular weight is 233 g/mol. The fraction of sp³-hybridized carbons (Fsp3) is 0.400. The van der Waals surface area contributed by atoms with Gasteiger partial charge in [0.2, 0.25) is 5.13 Å². The van der Waals surface area contributed by atoms with E-state index in [4.69, 9.17) is 5.26 Å². The second kappa shape index (κ2) is 4.02. The molecule has 0 radical (unpaired) electrons. The van der Waals surface area contributed by atoms with Crippen LogP contribution in [0.15, 0.2) is 5.38 Å². The van der Waals surface area contributed by atoms with E-state index in [1.54, 1.807) is 4.68 Å². The first-order valence-corrected chi connectivity index (χ1v) is 5.79. The molecule has 0 aromatic carbocycles. The van der Waals surface area contributed by atoms with Gasteiger partial charge in [0.05, 0.1) is 11.4 Å². The molecule has 2 rings (SSSR count). The molecule has 0 spiro atoms. The third-order valence-electron chi connectivity index (χ3n) is 2.15. The number of aryl methyl sites for hydroxylation is 1. The Morgan fingerprint density at radius 2 is 2.25 bits per heavy atom. The lowest BCUT2D eigenvalue weighted by molar-refractivity contribution is 0.711. The van der Waals surface area contributed by atoms with Gasteiger partial charge in [0.1, 0.15) is 6.07 Å². The van der Waals surface area contributed by atoms with Crippen LogP contribution in [0.2, 0.25) is 0 Å². The quantitative estimate of drug-likeness (QED) is 0.796.